The van der Waals surface area contributed by atoms with Gasteiger partial charge in [0.2, 0.25) is 0 Å². The number of hydrogen-bond donors (Lipinski definition) is 2. The number of urea groups is 1. The molecule has 22 heavy (non-hydrogen) atoms. The first-order valence-corrected chi connectivity index (χ1v) is 8.61. The summed E-state index contributed by atoms with van der Waals surface area (Å²) < 4.78 is 0. The van der Waals surface area contributed by atoms with E-state index in [9.17, 15) is 4.79 Å². The van der Waals surface area contributed by atoms with Crippen LogP contribution in [-0.2, 0) is 6.54 Å². The second kappa shape index (κ2) is 7.63. The zero-order valence-corrected chi connectivity index (χ0v) is 13.3. The van der Waals surface area contributed by atoms with Crippen LogP contribution in [0.2, 0.25) is 0 Å². The molecule has 0 aromatic heterocycles. The van der Waals surface area contributed by atoms with Gasteiger partial charge in [0.1, 0.15) is 0 Å². The maximum Gasteiger partial charge on any atom is 0.315 e. The van der Waals surface area contributed by atoms with Crippen molar-refractivity contribution in [3.8, 4) is 0 Å². The van der Waals surface area contributed by atoms with Crippen molar-refractivity contribution in [1.29, 1.82) is 0 Å². The third-order valence-electron chi connectivity index (χ3n) is 5.01. The summed E-state index contributed by atoms with van der Waals surface area (Å²) in [6, 6.07) is 10.8. The zero-order chi connectivity index (χ0) is 15.2. The number of carbonyl (C=O) groups excluding carboxylic acids is 1. The van der Waals surface area contributed by atoms with Crippen LogP contribution >= 0.6 is 0 Å². The minimum Gasteiger partial charge on any atom is -0.338 e. The highest BCUT2D eigenvalue weighted by atomic mass is 16.2. The van der Waals surface area contributed by atoms with E-state index in [4.69, 9.17) is 0 Å². The van der Waals surface area contributed by atoms with Crippen LogP contribution in [0.25, 0.3) is 0 Å². The smallest absolute Gasteiger partial charge is 0.315 e. The molecular formula is C18H27N3O. The molecular weight excluding hydrogens is 274 g/mol. The van der Waals surface area contributed by atoms with Crippen LogP contribution in [0.1, 0.15) is 37.7 Å². The molecule has 1 saturated heterocycles. The molecule has 1 atom stereocenters. The Morgan fingerprint density at radius 1 is 1.09 bits per heavy atom. The number of nitrogens with one attached hydrogen (secondary N) is 2. The summed E-state index contributed by atoms with van der Waals surface area (Å²) in [6.45, 7) is 3.75. The lowest BCUT2D eigenvalue weighted by atomic mass is 10.1. The molecule has 1 heterocycles. The minimum absolute atomic E-state index is 0.0526. The first-order chi connectivity index (χ1) is 10.8. The van der Waals surface area contributed by atoms with Crippen molar-refractivity contribution in [3.05, 3.63) is 35.9 Å². The third kappa shape index (κ3) is 4.23. The molecule has 120 valence electrons. The van der Waals surface area contributed by atoms with Gasteiger partial charge >= 0.3 is 6.03 Å². The van der Waals surface area contributed by atoms with E-state index in [1.54, 1.807) is 0 Å². The van der Waals surface area contributed by atoms with Gasteiger partial charge in [0.15, 0.2) is 0 Å². The Bertz CT molecular complexity index is 470. The lowest BCUT2D eigenvalue weighted by molar-refractivity contribution is 0.230. The fourth-order valence-corrected chi connectivity index (χ4v) is 3.71. The first-order valence-electron chi connectivity index (χ1n) is 8.61. The van der Waals surface area contributed by atoms with Crippen molar-refractivity contribution < 1.29 is 4.79 Å². The molecule has 4 nitrogen and oxygen atoms in total. The summed E-state index contributed by atoms with van der Waals surface area (Å²) >= 11 is 0. The lowest BCUT2D eigenvalue weighted by Gasteiger charge is -2.23. The highest BCUT2D eigenvalue weighted by Crippen LogP contribution is 2.28. The fraction of sp³-hybridized carbons (Fsp3) is 0.611. The summed E-state index contributed by atoms with van der Waals surface area (Å²) in [5.41, 5.74) is 1.13. The minimum atomic E-state index is -0.0526. The molecule has 0 unspecified atom stereocenters. The van der Waals surface area contributed by atoms with Crippen LogP contribution in [0.3, 0.4) is 0 Å². The molecule has 0 bridgehead atoms. The van der Waals surface area contributed by atoms with E-state index in [2.05, 4.69) is 15.5 Å². The third-order valence-corrected chi connectivity index (χ3v) is 5.01. The van der Waals surface area contributed by atoms with Crippen molar-refractivity contribution in [2.45, 2.75) is 44.7 Å². The van der Waals surface area contributed by atoms with Gasteiger partial charge in [-0.3, -0.25) is 0 Å². The Morgan fingerprint density at radius 2 is 1.86 bits per heavy atom. The molecule has 1 saturated carbocycles. The van der Waals surface area contributed by atoms with Gasteiger partial charge in [-0.2, -0.15) is 0 Å². The normalized spacial score (nSPS) is 22.8. The first kappa shape index (κ1) is 15.3. The summed E-state index contributed by atoms with van der Waals surface area (Å²) in [4.78, 5) is 14.5. The topological polar surface area (TPSA) is 44.4 Å². The Balaban J connectivity index is 1.33. The molecule has 1 aliphatic heterocycles. The van der Waals surface area contributed by atoms with Gasteiger partial charge in [-0.1, -0.05) is 43.2 Å². The number of nitrogens with zero attached hydrogens (tertiary/aromatic N) is 1. The SMILES string of the molecule is O=C(NCc1ccccc1)NC[C@@H]1CCN(C2CCCC2)C1. The second-order valence-corrected chi connectivity index (χ2v) is 6.64. The number of benzene rings is 1. The molecule has 1 aromatic rings. The summed E-state index contributed by atoms with van der Waals surface area (Å²) in [6.07, 6.45) is 6.75. The van der Waals surface area contributed by atoms with Gasteiger partial charge in [0.05, 0.1) is 0 Å². The Morgan fingerprint density at radius 3 is 2.64 bits per heavy atom. The molecule has 0 spiro atoms. The van der Waals surface area contributed by atoms with Crippen LogP contribution in [-0.4, -0.2) is 36.6 Å². The maximum atomic E-state index is 11.9. The van der Waals surface area contributed by atoms with E-state index in [1.807, 2.05) is 30.3 Å². The average molecular weight is 301 g/mol. The number of hydrogen-bond acceptors (Lipinski definition) is 2. The average Bonchev–Trinajstić information content (AvgIpc) is 3.22. The Kier molecular flexibility index (Phi) is 5.33. The number of likely N-dealkylation sites (tertiary alicyclic amines) is 1. The Labute approximate surface area is 133 Å². The van der Waals surface area contributed by atoms with E-state index >= 15 is 0 Å². The predicted octanol–water partition coefficient (Wildman–Crippen LogP) is 2.75. The molecule has 2 aliphatic rings. The van der Waals surface area contributed by atoms with Crippen LogP contribution in [0.4, 0.5) is 4.79 Å². The van der Waals surface area contributed by atoms with Crippen molar-refractivity contribution in [1.82, 2.24) is 15.5 Å². The molecule has 2 fully saturated rings. The highest BCUT2D eigenvalue weighted by Gasteiger charge is 2.29. The number of rotatable bonds is 5. The van der Waals surface area contributed by atoms with Crippen molar-refractivity contribution in [2.24, 2.45) is 5.92 Å². The van der Waals surface area contributed by atoms with Crippen molar-refractivity contribution >= 4 is 6.03 Å². The molecule has 2 N–H and O–H groups in total. The quantitative estimate of drug-likeness (QED) is 0.878. The van der Waals surface area contributed by atoms with E-state index in [0.29, 0.717) is 12.5 Å². The molecule has 4 heteroatoms. The van der Waals surface area contributed by atoms with Crippen LogP contribution in [0, 0.1) is 5.92 Å². The highest BCUT2D eigenvalue weighted by molar-refractivity contribution is 5.73. The second-order valence-electron chi connectivity index (χ2n) is 6.64. The van der Waals surface area contributed by atoms with Gasteiger partial charge in [-0.15, -0.1) is 0 Å². The van der Waals surface area contributed by atoms with Crippen molar-refractivity contribution in [2.75, 3.05) is 19.6 Å². The lowest BCUT2D eigenvalue weighted by Crippen LogP contribution is -2.39. The summed E-state index contributed by atoms with van der Waals surface area (Å²) in [7, 11) is 0. The number of amides is 2. The fourth-order valence-electron chi connectivity index (χ4n) is 3.71. The largest absolute Gasteiger partial charge is 0.338 e. The van der Waals surface area contributed by atoms with Crippen LogP contribution in [0.15, 0.2) is 30.3 Å². The monoisotopic (exact) mass is 301 g/mol. The van der Waals surface area contributed by atoms with Gasteiger partial charge in [-0.25, -0.2) is 4.79 Å². The standard InChI is InChI=1S/C18H27N3O/c22-18(19-12-15-6-2-1-3-7-15)20-13-16-10-11-21(14-16)17-8-4-5-9-17/h1-3,6-7,16-17H,4-5,8-14H2,(H2,19,20,22)/t16-/m0/s1. The van der Waals surface area contributed by atoms with Gasteiger partial charge in [0, 0.05) is 25.7 Å². The van der Waals surface area contributed by atoms with Gasteiger partial charge in [-0.05, 0) is 37.3 Å². The van der Waals surface area contributed by atoms with E-state index in [0.717, 1.165) is 24.7 Å². The molecule has 0 radical (unpaired) electrons. The van der Waals surface area contributed by atoms with Crippen LogP contribution < -0.4 is 10.6 Å². The number of carbonyl (C=O) groups is 1. The maximum absolute atomic E-state index is 11.9. The Hall–Kier alpha value is -1.55. The summed E-state index contributed by atoms with van der Waals surface area (Å²) in [5, 5.41) is 5.95. The van der Waals surface area contributed by atoms with Crippen molar-refractivity contribution in [3.63, 3.8) is 0 Å². The molecule has 3 rings (SSSR count). The predicted molar refractivity (Wildman–Crippen MR) is 88.6 cm³/mol. The zero-order valence-electron chi connectivity index (χ0n) is 13.3. The van der Waals surface area contributed by atoms with E-state index < -0.39 is 0 Å². The molecule has 1 aliphatic carbocycles. The van der Waals surface area contributed by atoms with Gasteiger partial charge in [0.25, 0.3) is 0 Å². The van der Waals surface area contributed by atoms with E-state index in [-0.39, 0.29) is 6.03 Å². The van der Waals surface area contributed by atoms with Crippen LogP contribution in [0.5, 0.6) is 0 Å². The molecule has 2 amide bonds. The van der Waals surface area contributed by atoms with E-state index in [1.165, 1.54) is 38.6 Å². The van der Waals surface area contributed by atoms with Gasteiger partial charge < -0.3 is 15.5 Å². The molecule has 1 aromatic carbocycles. The summed E-state index contributed by atoms with van der Waals surface area (Å²) in [5.74, 6) is 0.614.